The van der Waals surface area contributed by atoms with E-state index in [9.17, 15) is 4.79 Å². The van der Waals surface area contributed by atoms with Gasteiger partial charge in [-0.3, -0.25) is 4.79 Å². The average molecular weight is 156 g/mol. The Kier molecular flexibility index (Phi) is 7.81. The van der Waals surface area contributed by atoms with E-state index >= 15 is 0 Å². The van der Waals surface area contributed by atoms with Gasteiger partial charge in [-0.05, 0) is 18.4 Å². The second kappa shape index (κ2) is 8.78. The number of rotatable bonds is 7. The summed E-state index contributed by atoms with van der Waals surface area (Å²) in [5.41, 5.74) is 7.91. The summed E-state index contributed by atoms with van der Waals surface area (Å²) in [7, 11) is 0. The third-order valence-electron chi connectivity index (χ3n) is 1.23. The van der Waals surface area contributed by atoms with E-state index in [1.165, 1.54) is 0 Å². The van der Waals surface area contributed by atoms with Gasteiger partial charge in [0.25, 0.3) is 0 Å². The molecule has 5 heteroatoms. The van der Waals surface area contributed by atoms with E-state index in [0.29, 0.717) is 19.5 Å². The van der Waals surface area contributed by atoms with Gasteiger partial charge in [0.2, 0.25) is 6.41 Å². The van der Waals surface area contributed by atoms with Crippen molar-refractivity contribution in [3.63, 3.8) is 0 Å². The molecule has 0 aliphatic carbocycles. The molecule has 0 fully saturated rings. The summed E-state index contributed by atoms with van der Waals surface area (Å²) in [6.45, 7) is 1.26. The Morgan fingerprint density at radius 3 is 2.91 bits per heavy atom. The van der Waals surface area contributed by atoms with Crippen LogP contribution in [-0.2, 0) is 4.79 Å². The number of hydrogen-bond donors (Lipinski definition) is 1. The van der Waals surface area contributed by atoms with Gasteiger partial charge in [-0.1, -0.05) is 11.5 Å². The van der Waals surface area contributed by atoms with Crippen molar-refractivity contribution < 1.29 is 4.79 Å². The van der Waals surface area contributed by atoms with Crippen LogP contribution in [0.15, 0.2) is 5.11 Å². The van der Waals surface area contributed by atoms with Crippen LogP contribution in [-0.4, -0.2) is 19.5 Å². The zero-order valence-electron chi connectivity index (χ0n) is 6.36. The van der Waals surface area contributed by atoms with E-state index in [1.54, 1.807) is 0 Å². The van der Waals surface area contributed by atoms with Gasteiger partial charge in [0, 0.05) is 18.0 Å². The lowest BCUT2D eigenvalue weighted by Gasteiger charge is -1.96. The monoisotopic (exact) mass is 156 g/mol. The molecule has 0 rings (SSSR count). The van der Waals surface area contributed by atoms with Crippen molar-refractivity contribution in [2.75, 3.05) is 13.1 Å². The highest BCUT2D eigenvalue weighted by molar-refractivity contribution is 5.45. The first-order valence-electron chi connectivity index (χ1n) is 3.59. The van der Waals surface area contributed by atoms with Crippen molar-refractivity contribution in [3.05, 3.63) is 10.4 Å². The zero-order chi connectivity index (χ0) is 8.36. The van der Waals surface area contributed by atoms with Crippen LogP contribution in [0.5, 0.6) is 0 Å². The van der Waals surface area contributed by atoms with Crippen molar-refractivity contribution in [2.24, 2.45) is 5.11 Å². The molecule has 0 aliphatic rings. The Balaban J connectivity index is 2.90. The topological polar surface area (TPSA) is 77.9 Å². The van der Waals surface area contributed by atoms with Gasteiger partial charge in [-0.2, -0.15) is 0 Å². The first-order chi connectivity index (χ1) is 5.41. The molecule has 0 aromatic carbocycles. The molecular weight excluding hydrogens is 144 g/mol. The van der Waals surface area contributed by atoms with E-state index in [-0.39, 0.29) is 0 Å². The van der Waals surface area contributed by atoms with Crippen LogP contribution >= 0.6 is 0 Å². The molecule has 0 saturated heterocycles. The quantitative estimate of drug-likeness (QED) is 0.194. The van der Waals surface area contributed by atoms with E-state index in [0.717, 1.165) is 19.3 Å². The number of unbranched alkanes of at least 4 members (excludes halogenated alkanes) is 2. The molecular formula is C6H12N4O. The van der Waals surface area contributed by atoms with Crippen molar-refractivity contribution in [1.82, 2.24) is 5.32 Å². The maximum atomic E-state index is 9.76. The predicted octanol–water partition coefficient (Wildman–Crippen LogP) is 1.21. The minimum atomic E-state index is 0.553. The van der Waals surface area contributed by atoms with Gasteiger partial charge in [-0.25, -0.2) is 0 Å². The van der Waals surface area contributed by atoms with Gasteiger partial charge in [0.1, 0.15) is 0 Å². The molecule has 0 aromatic heterocycles. The number of nitrogens with one attached hydrogen (secondary N) is 1. The minimum Gasteiger partial charge on any atom is -0.359 e. The largest absolute Gasteiger partial charge is 0.359 e. The molecule has 0 radical (unpaired) electrons. The average Bonchev–Trinajstić information content (AvgIpc) is 2.03. The van der Waals surface area contributed by atoms with Crippen molar-refractivity contribution >= 4 is 6.41 Å². The van der Waals surface area contributed by atoms with Crippen molar-refractivity contribution in [1.29, 1.82) is 0 Å². The molecule has 0 aromatic rings. The summed E-state index contributed by atoms with van der Waals surface area (Å²) in [6.07, 6.45) is 3.51. The van der Waals surface area contributed by atoms with Gasteiger partial charge in [-0.15, -0.1) is 0 Å². The molecule has 0 aliphatic heterocycles. The highest BCUT2D eigenvalue weighted by Crippen LogP contribution is 1.93. The van der Waals surface area contributed by atoms with Crippen molar-refractivity contribution in [2.45, 2.75) is 19.3 Å². The Morgan fingerprint density at radius 2 is 2.27 bits per heavy atom. The van der Waals surface area contributed by atoms with Crippen LogP contribution in [0.2, 0.25) is 0 Å². The fourth-order valence-electron chi connectivity index (χ4n) is 0.690. The van der Waals surface area contributed by atoms with Crippen LogP contribution in [0.3, 0.4) is 0 Å². The fourth-order valence-corrected chi connectivity index (χ4v) is 0.690. The van der Waals surface area contributed by atoms with Gasteiger partial charge >= 0.3 is 0 Å². The summed E-state index contributed by atoms with van der Waals surface area (Å²) < 4.78 is 0. The molecule has 0 saturated carbocycles. The molecule has 62 valence electrons. The predicted molar refractivity (Wildman–Crippen MR) is 41.9 cm³/mol. The maximum absolute atomic E-state index is 9.76. The summed E-state index contributed by atoms with van der Waals surface area (Å²) in [5.74, 6) is 0. The van der Waals surface area contributed by atoms with Crippen LogP contribution in [0.25, 0.3) is 10.4 Å². The Bertz CT molecular complexity index is 142. The number of nitrogens with zero attached hydrogens (tertiary/aromatic N) is 3. The van der Waals surface area contributed by atoms with E-state index in [2.05, 4.69) is 15.3 Å². The van der Waals surface area contributed by atoms with Gasteiger partial charge in [0.05, 0.1) is 0 Å². The van der Waals surface area contributed by atoms with Crippen LogP contribution < -0.4 is 5.32 Å². The lowest BCUT2D eigenvalue weighted by atomic mass is 10.2. The third-order valence-corrected chi connectivity index (χ3v) is 1.23. The van der Waals surface area contributed by atoms with Gasteiger partial charge in [0.15, 0.2) is 0 Å². The lowest BCUT2D eigenvalue weighted by molar-refractivity contribution is -0.109. The lowest BCUT2D eigenvalue weighted by Crippen LogP contribution is -2.11. The first-order valence-corrected chi connectivity index (χ1v) is 3.59. The van der Waals surface area contributed by atoms with Crippen LogP contribution in [0.4, 0.5) is 0 Å². The second-order valence-corrected chi connectivity index (χ2v) is 2.09. The molecule has 0 unspecified atom stereocenters. The molecule has 0 bridgehead atoms. The van der Waals surface area contributed by atoms with Gasteiger partial charge < -0.3 is 5.32 Å². The maximum Gasteiger partial charge on any atom is 0.207 e. The molecule has 0 atom stereocenters. The second-order valence-electron chi connectivity index (χ2n) is 2.09. The standard InChI is InChI=1S/C6H12N4O/c7-10-9-5-3-1-2-4-8-6-11/h6H,1-5H2,(H,8,11). The molecule has 0 spiro atoms. The number of carbonyl (C=O) groups is 1. The van der Waals surface area contributed by atoms with Crippen LogP contribution in [0, 0.1) is 0 Å². The Morgan fingerprint density at radius 1 is 1.45 bits per heavy atom. The van der Waals surface area contributed by atoms with Crippen molar-refractivity contribution in [3.8, 4) is 0 Å². The minimum absolute atomic E-state index is 0.553. The Hall–Kier alpha value is -1.22. The fraction of sp³-hybridized carbons (Fsp3) is 0.833. The van der Waals surface area contributed by atoms with E-state index in [1.807, 2.05) is 0 Å². The normalized spacial score (nSPS) is 8.36. The highest BCUT2D eigenvalue weighted by atomic mass is 16.1. The summed E-state index contributed by atoms with van der Waals surface area (Å²) in [5, 5.41) is 5.94. The molecule has 0 heterocycles. The number of azide groups is 1. The number of amides is 1. The smallest absolute Gasteiger partial charge is 0.207 e. The molecule has 11 heavy (non-hydrogen) atoms. The SMILES string of the molecule is [N-]=[N+]=NCCCCCNC=O. The Labute approximate surface area is 65.4 Å². The first kappa shape index (κ1) is 9.78. The molecule has 1 N–H and O–H groups in total. The summed E-state index contributed by atoms with van der Waals surface area (Å²) in [4.78, 5) is 12.4. The summed E-state index contributed by atoms with van der Waals surface area (Å²) >= 11 is 0. The summed E-state index contributed by atoms with van der Waals surface area (Å²) in [6, 6.07) is 0. The van der Waals surface area contributed by atoms with E-state index in [4.69, 9.17) is 5.53 Å². The van der Waals surface area contributed by atoms with E-state index < -0.39 is 0 Å². The molecule has 5 nitrogen and oxygen atoms in total. The van der Waals surface area contributed by atoms with Crippen LogP contribution in [0.1, 0.15) is 19.3 Å². The molecule has 1 amide bonds. The number of carbonyl (C=O) groups excluding carboxylic acids is 1. The third kappa shape index (κ3) is 8.78. The zero-order valence-corrected chi connectivity index (χ0v) is 6.36. The number of hydrogen-bond acceptors (Lipinski definition) is 2. The highest BCUT2D eigenvalue weighted by Gasteiger charge is 1.86.